The van der Waals surface area contributed by atoms with Gasteiger partial charge in [0.1, 0.15) is 5.82 Å². The van der Waals surface area contributed by atoms with Gasteiger partial charge in [0.05, 0.1) is 0 Å². The van der Waals surface area contributed by atoms with Crippen molar-refractivity contribution in [2.45, 2.75) is 26.3 Å². The average molecular weight is 311 g/mol. The monoisotopic (exact) mass is 310 g/mol. The van der Waals surface area contributed by atoms with Crippen LogP contribution in [0, 0.1) is 0 Å². The Morgan fingerprint density at radius 1 is 1.05 bits per heavy atom. The van der Waals surface area contributed by atoms with Gasteiger partial charge in [-0.25, -0.2) is 4.98 Å². The summed E-state index contributed by atoms with van der Waals surface area (Å²) in [5.74, 6) is 1.24. The third-order valence-corrected chi connectivity index (χ3v) is 2.71. The van der Waals surface area contributed by atoms with E-state index in [0.29, 0.717) is 16.0 Å². The quantitative estimate of drug-likeness (QED) is 0.860. The highest BCUT2D eigenvalue weighted by molar-refractivity contribution is 6.35. The Kier molecular flexibility index (Phi) is 4.35. The Balaban J connectivity index is 2.19. The van der Waals surface area contributed by atoms with Crippen LogP contribution in [0.1, 0.15) is 20.8 Å². The number of rotatable bonds is 3. The summed E-state index contributed by atoms with van der Waals surface area (Å²) in [6.45, 7) is 6.21. The lowest BCUT2D eigenvalue weighted by Crippen LogP contribution is -2.26. The lowest BCUT2D eigenvalue weighted by Gasteiger charge is -2.21. The van der Waals surface area contributed by atoms with Gasteiger partial charge >= 0.3 is 0 Å². The highest BCUT2D eigenvalue weighted by Gasteiger charge is 2.10. The fourth-order valence-corrected chi connectivity index (χ4v) is 2.15. The molecule has 1 aromatic heterocycles. The minimum absolute atomic E-state index is 0.0645. The van der Waals surface area contributed by atoms with Crippen LogP contribution >= 0.6 is 23.2 Å². The molecule has 2 rings (SSSR count). The molecule has 20 heavy (non-hydrogen) atoms. The number of nitrogens with zero attached hydrogens (tertiary/aromatic N) is 2. The number of halogens is 2. The van der Waals surface area contributed by atoms with Crippen LogP contribution in [0.25, 0.3) is 0 Å². The molecule has 0 aliphatic rings. The summed E-state index contributed by atoms with van der Waals surface area (Å²) < 4.78 is 0. The van der Waals surface area contributed by atoms with Gasteiger partial charge in [0.15, 0.2) is 0 Å². The fraction of sp³-hybridized carbons (Fsp3) is 0.286. The molecule has 0 aliphatic carbocycles. The van der Waals surface area contributed by atoms with Crippen molar-refractivity contribution < 1.29 is 0 Å². The molecule has 4 nitrogen and oxygen atoms in total. The highest BCUT2D eigenvalue weighted by atomic mass is 35.5. The maximum Gasteiger partial charge on any atom is 0.229 e. The molecule has 0 unspecified atom stereocenters. The molecule has 0 radical (unpaired) electrons. The van der Waals surface area contributed by atoms with Gasteiger partial charge < -0.3 is 10.6 Å². The Bertz CT molecular complexity index is 588. The van der Waals surface area contributed by atoms with E-state index >= 15 is 0 Å². The molecule has 0 amide bonds. The van der Waals surface area contributed by atoms with Crippen LogP contribution < -0.4 is 10.6 Å². The molecular formula is C14H16Cl2N4. The Labute approximate surface area is 128 Å². The van der Waals surface area contributed by atoms with Gasteiger partial charge in [0, 0.05) is 27.5 Å². The number of hydrogen-bond donors (Lipinski definition) is 2. The summed E-state index contributed by atoms with van der Waals surface area (Å²) in [7, 11) is 0. The second-order valence-electron chi connectivity index (χ2n) is 5.42. The molecule has 1 aromatic carbocycles. The molecule has 2 N–H and O–H groups in total. The van der Waals surface area contributed by atoms with Crippen molar-refractivity contribution in [3.8, 4) is 0 Å². The summed E-state index contributed by atoms with van der Waals surface area (Å²) in [5, 5.41) is 7.49. The number of anilines is 3. The zero-order valence-electron chi connectivity index (χ0n) is 11.5. The number of aromatic nitrogens is 2. The lowest BCUT2D eigenvalue weighted by atomic mass is 10.1. The van der Waals surface area contributed by atoms with Crippen molar-refractivity contribution >= 4 is 40.7 Å². The zero-order chi connectivity index (χ0) is 14.8. The maximum absolute atomic E-state index is 5.96. The normalized spacial score (nSPS) is 11.2. The minimum Gasteiger partial charge on any atom is -0.365 e. The van der Waals surface area contributed by atoms with Crippen LogP contribution in [0.3, 0.4) is 0 Å². The Morgan fingerprint density at radius 2 is 1.70 bits per heavy atom. The fourth-order valence-electron chi connectivity index (χ4n) is 1.63. The molecule has 106 valence electrons. The SMILES string of the molecule is CC(C)(C)Nc1ccnc(Nc2cc(Cl)cc(Cl)c2)n1. The smallest absolute Gasteiger partial charge is 0.229 e. The van der Waals surface area contributed by atoms with Gasteiger partial charge in [-0.05, 0) is 45.0 Å². The first-order valence-corrected chi connectivity index (χ1v) is 6.92. The largest absolute Gasteiger partial charge is 0.365 e. The second-order valence-corrected chi connectivity index (χ2v) is 6.30. The number of benzene rings is 1. The molecule has 0 saturated heterocycles. The van der Waals surface area contributed by atoms with E-state index in [1.807, 2.05) is 6.07 Å². The van der Waals surface area contributed by atoms with E-state index in [4.69, 9.17) is 23.2 Å². The first-order valence-electron chi connectivity index (χ1n) is 6.16. The first-order chi connectivity index (χ1) is 9.32. The van der Waals surface area contributed by atoms with Gasteiger partial charge in [-0.1, -0.05) is 23.2 Å². The topological polar surface area (TPSA) is 49.8 Å². The highest BCUT2D eigenvalue weighted by Crippen LogP contribution is 2.24. The van der Waals surface area contributed by atoms with Crippen LogP contribution in [-0.2, 0) is 0 Å². The number of hydrogen-bond acceptors (Lipinski definition) is 4. The zero-order valence-corrected chi connectivity index (χ0v) is 13.0. The van der Waals surface area contributed by atoms with Crippen molar-refractivity contribution in [2.24, 2.45) is 0 Å². The van der Waals surface area contributed by atoms with Crippen LogP contribution in [-0.4, -0.2) is 15.5 Å². The van der Waals surface area contributed by atoms with Crippen LogP contribution in [0.5, 0.6) is 0 Å². The number of nitrogens with one attached hydrogen (secondary N) is 2. The molecule has 2 aromatic rings. The van der Waals surface area contributed by atoms with Crippen LogP contribution in [0.15, 0.2) is 30.5 Å². The molecule has 0 saturated carbocycles. The molecule has 0 atom stereocenters. The predicted molar refractivity (Wildman–Crippen MR) is 85.2 cm³/mol. The molecule has 6 heteroatoms. The third-order valence-electron chi connectivity index (χ3n) is 2.28. The van der Waals surface area contributed by atoms with Crippen molar-refractivity contribution in [3.05, 3.63) is 40.5 Å². The molecular weight excluding hydrogens is 295 g/mol. The predicted octanol–water partition coefficient (Wildman–Crippen LogP) is 4.74. The summed E-state index contributed by atoms with van der Waals surface area (Å²) in [6.07, 6.45) is 1.69. The van der Waals surface area contributed by atoms with Crippen molar-refractivity contribution in [1.82, 2.24) is 9.97 Å². The van der Waals surface area contributed by atoms with Crippen molar-refractivity contribution in [1.29, 1.82) is 0 Å². The van der Waals surface area contributed by atoms with Gasteiger partial charge in [-0.3, -0.25) is 0 Å². The Morgan fingerprint density at radius 3 is 2.30 bits per heavy atom. The molecule has 0 aliphatic heterocycles. The molecule has 0 fully saturated rings. The molecule has 0 bridgehead atoms. The van der Waals surface area contributed by atoms with E-state index < -0.39 is 0 Å². The average Bonchev–Trinajstić information content (AvgIpc) is 2.25. The Hall–Kier alpha value is -1.52. The maximum atomic E-state index is 5.96. The van der Waals surface area contributed by atoms with E-state index in [1.165, 1.54) is 0 Å². The van der Waals surface area contributed by atoms with Gasteiger partial charge in [-0.2, -0.15) is 4.98 Å². The second kappa shape index (κ2) is 5.85. The summed E-state index contributed by atoms with van der Waals surface area (Å²) in [5.41, 5.74) is 0.681. The van der Waals surface area contributed by atoms with E-state index in [0.717, 1.165) is 11.5 Å². The van der Waals surface area contributed by atoms with Crippen LogP contribution in [0.4, 0.5) is 17.5 Å². The molecule has 0 spiro atoms. The van der Waals surface area contributed by atoms with Gasteiger partial charge in [0.25, 0.3) is 0 Å². The van der Waals surface area contributed by atoms with Gasteiger partial charge in [-0.15, -0.1) is 0 Å². The van der Waals surface area contributed by atoms with E-state index in [9.17, 15) is 0 Å². The van der Waals surface area contributed by atoms with E-state index in [2.05, 4.69) is 41.4 Å². The van der Waals surface area contributed by atoms with Crippen LogP contribution in [0.2, 0.25) is 10.0 Å². The minimum atomic E-state index is -0.0645. The molecule has 1 heterocycles. The summed E-state index contributed by atoms with van der Waals surface area (Å²) >= 11 is 11.9. The van der Waals surface area contributed by atoms with Crippen molar-refractivity contribution in [2.75, 3.05) is 10.6 Å². The first kappa shape index (κ1) is 14.9. The summed E-state index contributed by atoms with van der Waals surface area (Å²) in [4.78, 5) is 8.57. The lowest BCUT2D eigenvalue weighted by molar-refractivity contribution is 0.630. The standard InChI is InChI=1S/C14H16Cl2N4/c1-14(2,3)20-12-4-5-17-13(19-12)18-11-7-9(15)6-10(16)8-11/h4-8H,1-3H3,(H2,17,18,19,20). The third kappa shape index (κ3) is 4.54. The van der Waals surface area contributed by atoms with Gasteiger partial charge in [0.2, 0.25) is 5.95 Å². The van der Waals surface area contributed by atoms with E-state index in [-0.39, 0.29) is 5.54 Å². The van der Waals surface area contributed by atoms with Crippen molar-refractivity contribution in [3.63, 3.8) is 0 Å². The summed E-state index contributed by atoms with van der Waals surface area (Å²) in [6, 6.07) is 7.02. The van der Waals surface area contributed by atoms with E-state index in [1.54, 1.807) is 24.4 Å².